The molecule has 0 radical (unpaired) electrons. The summed E-state index contributed by atoms with van der Waals surface area (Å²) >= 11 is 5.32. The van der Waals surface area contributed by atoms with E-state index in [1.54, 1.807) is 41.1 Å². The number of nitrogens with one attached hydrogen (secondary N) is 6. The fourth-order valence-electron chi connectivity index (χ4n) is 19.6. The highest BCUT2D eigenvalue weighted by Crippen LogP contribution is 2.45. The number of amides is 6. The van der Waals surface area contributed by atoms with Crippen molar-refractivity contribution in [2.24, 2.45) is 0 Å². The third-order valence-corrected chi connectivity index (χ3v) is 30.3. The largest absolute Gasteiger partial charge is 0.482 e. The summed E-state index contributed by atoms with van der Waals surface area (Å²) in [6.07, 6.45) is 29.2. The van der Waals surface area contributed by atoms with Gasteiger partial charge in [0, 0.05) is 179 Å². The van der Waals surface area contributed by atoms with Crippen molar-refractivity contribution in [1.29, 1.82) is 0 Å². The Hall–Kier alpha value is -9.38. The number of aliphatic hydroxyl groups is 1. The number of hydrogen-bond acceptors (Lipinski definition) is 17. The van der Waals surface area contributed by atoms with E-state index in [0.717, 1.165) is 279 Å². The first-order chi connectivity index (χ1) is 61.3. The van der Waals surface area contributed by atoms with E-state index in [0.29, 0.717) is 35.3 Å². The molecule has 23 nitrogen and oxygen atoms in total. The van der Waals surface area contributed by atoms with E-state index >= 15 is 0 Å². The predicted molar refractivity (Wildman–Crippen MR) is 520 cm³/mol. The Balaban J connectivity index is 0.000000150. The number of aliphatic hydroxyl groups excluding tert-OH is 1. The van der Waals surface area contributed by atoms with Gasteiger partial charge in [0.1, 0.15) is 0 Å². The number of rotatable bonds is 24. The van der Waals surface area contributed by atoms with Crippen LogP contribution in [0.2, 0.25) is 0 Å². The minimum Gasteiger partial charge on any atom is -0.482 e. The number of benzene rings is 3. The van der Waals surface area contributed by atoms with Crippen molar-refractivity contribution in [3.05, 3.63) is 164 Å². The van der Waals surface area contributed by atoms with Gasteiger partial charge in [-0.2, -0.15) is 0 Å². The number of anilines is 3. The van der Waals surface area contributed by atoms with E-state index in [1.165, 1.54) is 111 Å². The summed E-state index contributed by atoms with van der Waals surface area (Å²) in [4.78, 5) is 116. The van der Waals surface area contributed by atoms with Crippen LogP contribution in [0.5, 0.6) is 5.88 Å². The molecule has 0 saturated heterocycles. The summed E-state index contributed by atoms with van der Waals surface area (Å²) in [5.41, 5.74) is 22.7. The van der Waals surface area contributed by atoms with E-state index in [-0.39, 0.29) is 47.9 Å². The van der Waals surface area contributed by atoms with Gasteiger partial charge < -0.3 is 70.1 Å². The van der Waals surface area contributed by atoms with Crippen LogP contribution in [0.4, 0.5) is 17.1 Å². The number of methoxy groups -OCH3 is 1. The zero-order valence-electron chi connectivity index (χ0n) is 76.4. The Morgan fingerprint density at radius 1 is 0.441 bits per heavy atom. The van der Waals surface area contributed by atoms with Crippen molar-refractivity contribution >= 4 is 122 Å². The van der Waals surface area contributed by atoms with Crippen molar-refractivity contribution < 1.29 is 38.6 Å². The van der Waals surface area contributed by atoms with Crippen LogP contribution in [0, 0.1) is 20.8 Å². The Kier molecular flexibility index (Phi) is 33.6. The Bertz CT molecular complexity index is 5160. The van der Waals surface area contributed by atoms with Crippen LogP contribution in [-0.2, 0) is 40.1 Å². The molecular formula is C100H132ClN15O8S3. The van der Waals surface area contributed by atoms with Gasteiger partial charge in [0.15, 0.2) is 5.88 Å². The van der Waals surface area contributed by atoms with E-state index in [2.05, 4.69) is 140 Å². The predicted octanol–water partition coefficient (Wildman–Crippen LogP) is 19.9. The third-order valence-electron chi connectivity index (χ3n) is 27.3. The molecule has 680 valence electrons. The van der Waals surface area contributed by atoms with Gasteiger partial charge in [-0.15, -0.1) is 46.4 Å². The molecule has 127 heavy (non-hydrogen) atoms. The molecule has 0 spiro atoms. The minimum absolute atomic E-state index is 0. The highest BCUT2D eigenvalue weighted by molar-refractivity contribution is 7.10. The molecule has 0 bridgehead atoms. The van der Waals surface area contributed by atoms with Crippen molar-refractivity contribution in [1.82, 2.24) is 59.3 Å². The van der Waals surface area contributed by atoms with Crippen LogP contribution in [-0.4, -0.2) is 212 Å². The van der Waals surface area contributed by atoms with Gasteiger partial charge in [-0.1, -0.05) is 118 Å². The highest BCUT2D eigenvalue weighted by Gasteiger charge is 2.35. The Morgan fingerprint density at radius 2 is 0.780 bits per heavy atom. The standard InChI is InChI=1S/2C33H41N5O2S.C17H18N2OS.C16H27N3O2.CH4O.ClH/c2*1-4-37(5-2)16-17-38-15-9-12-27-30(33(38)40)21(3)28(34-27)19-25-24-18-23(13-14-26(24)35-31(25)39)29-20-41-32(36-29)22-10-7-6-8-11-22;20-16-9-13-8-12(6-7-14(13)18-16)15-10-21-17(19-15)11-4-2-1-3-5-11;1-5-18(6-2)10-11-19-9-7-8-13-14(16(19)20)12(3)15(17-13)21-4;1-2;/h2*13-14,18-20,22,34H,4-12,15-17H2,1-3H3,(H,35,39);6-8,10-11H,1-5,9H2,(H,18,20);17H,5-11H2,1-4H3;2H,1H3;1H/b2*25-19-;;;;. The van der Waals surface area contributed by atoms with Gasteiger partial charge in [0.2, 0.25) is 5.91 Å². The zero-order chi connectivity index (χ0) is 88.7. The molecule has 7 N–H and O–H groups in total. The van der Waals surface area contributed by atoms with Crippen LogP contribution in [0.1, 0.15) is 283 Å². The summed E-state index contributed by atoms with van der Waals surface area (Å²) in [5.74, 6) is 2.74. The lowest BCUT2D eigenvalue weighted by Gasteiger charge is -2.25. The van der Waals surface area contributed by atoms with Gasteiger partial charge >= 0.3 is 0 Å². The molecule has 6 aliphatic heterocycles. The number of fused-ring (bicyclic) bond motifs is 6. The number of H-pyrrole nitrogens is 3. The monoisotopic (exact) mass is 1800 g/mol. The first-order valence-electron chi connectivity index (χ1n) is 46.7. The number of likely N-dealkylation sites (N-methyl/N-ethyl adjacent to an activating group) is 3. The second-order valence-electron chi connectivity index (χ2n) is 34.8. The molecular weight excluding hydrogens is 1670 g/mol. The number of halogens is 1. The summed E-state index contributed by atoms with van der Waals surface area (Å²) in [6.45, 7) is 32.3. The minimum atomic E-state index is -0.116. The number of carbonyl (C=O) groups excluding carboxylic acids is 6. The fraction of sp³-hybridized carbons (Fsp3) is 0.510. The first-order valence-corrected chi connectivity index (χ1v) is 49.3. The van der Waals surface area contributed by atoms with Gasteiger partial charge in [-0.3, -0.25) is 28.8 Å². The lowest BCUT2D eigenvalue weighted by atomic mass is 9.90. The summed E-state index contributed by atoms with van der Waals surface area (Å²) in [6, 6.07) is 18.4. The first kappa shape index (κ1) is 95.2. The molecule has 9 aromatic rings. The average molecular weight is 1800 g/mol. The summed E-state index contributed by atoms with van der Waals surface area (Å²) in [7, 11) is 2.64. The van der Waals surface area contributed by atoms with Crippen LogP contribution >= 0.6 is 46.4 Å². The third kappa shape index (κ3) is 22.0. The molecule has 9 aliphatic rings. The number of aryl methyl sites for hydroxylation is 3. The number of hydrogen-bond donors (Lipinski definition) is 7. The molecule has 0 atom stereocenters. The number of carbonyl (C=O) groups is 6. The molecule has 6 amide bonds. The molecule has 3 fully saturated rings. The highest BCUT2D eigenvalue weighted by atomic mass is 35.5. The zero-order valence-corrected chi connectivity index (χ0v) is 79.7. The van der Waals surface area contributed by atoms with Crippen molar-refractivity contribution in [2.75, 3.05) is 128 Å². The van der Waals surface area contributed by atoms with E-state index in [9.17, 15) is 28.8 Å². The van der Waals surface area contributed by atoms with Gasteiger partial charge in [0.05, 0.1) is 73.5 Å². The van der Waals surface area contributed by atoms with Crippen LogP contribution < -0.4 is 20.7 Å². The number of thiazole rings is 3. The van der Waals surface area contributed by atoms with Crippen LogP contribution in [0.25, 0.3) is 57.1 Å². The van der Waals surface area contributed by atoms with Gasteiger partial charge in [0.25, 0.3) is 29.5 Å². The molecule has 27 heteroatoms. The van der Waals surface area contributed by atoms with Gasteiger partial charge in [-0.25, -0.2) is 15.0 Å². The maximum atomic E-state index is 13.7. The topological polar surface area (TPSA) is 273 Å². The maximum absolute atomic E-state index is 13.7. The van der Waals surface area contributed by atoms with E-state index in [4.69, 9.17) is 24.8 Å². The fourth-order valence-corrected chi connectivity index (χ4v) is 22.6. The lowest BCUT2D eigenvalue weighted by molar-refractivity contribution is -0.115. The summed E-state index contributed by atoms with van der Waals surface area (Å²) < 4.78 is 5.32. The number of aromatic nitrogens is 6. The molecule has 6 aromatic heterocycles. The molecule has 18 rings (SSSR count). The number of ether oxygens (including phenoxy) is 1. The molecule has 3 saturated carbocycles. The molecule has 12 heterocycles. The SMILES string of the molecule is CCN(CC)CCN1CCCc2[nH]c(/C=C3\C(=O)Nc4ccc(-c5csc(C6CCCCC6)n5)cc43)c(C)c2C1=O.CCN(CC)CCN1CCCc2[nH]c(/C=C3\C(=O)Nc4ccc(-c5csc(C6CCCCC6)n5)cc43)c(C)c2C1=O.CCN(CC)CCN1CCCc2[nH]c(OC)c(C)c2C1=O.CO.Cl.O=C1Cc2cc(-c3csc(C4CCCCC4)n3)ccc2N1. The second-order valence-corrected chi connectivity index (χ2v) is 37.5. The molecule has 0 unspecified atom stereocenters. The average Bonchev–Trinajstić information content (AvgIpc) is 1.62. The molecule has 3 aliphatic carbocycles. The maximum Gasteiger partial charge on any atom is 0.256 e. The lowest BCUT2D eigenvalue weighted by Crippen LogP contribution is -2.38. The Morgan fingerprint density at radius 3 is 1.13 bits per heavy atom. The normalized spacial score (nSPS) is 17.7. The quantitative estimate of drug-likeness (QED) is 0.0277. The van der Waals surface area contributed by atoms with E-state index < -0.39 is 0 Å². The van der Waals surface area contributed by atoms with Crippen molar-refractivity contribution in [3.63, 3.8) is 0 Å². The number of nitrogens with zero attached hydrogens (tertiary/aromatic N) is 9. The van der Waals surface area contributed by atoms with Crippen LogP contribution in [0.15, 0.2) is 70.7 Å². The second kappa shape index (κ2) is 44.8. The van der Waals surface area contributed by atoms with Crippen molar-refractivity contribution in [2.45, 2.75) is 221 Å². The summed E-state index contributed by atoms with van der Waals surface area (Å²) in [5, 5.41) is 26.2. The number of aromatic amines is 3. The smallest absolute Gasteiger partial charge is 0.256 e. The van der Waals surface area contributed by atoms with Crippen LogP contribution in [0.3, 0.4) is 0 Å². The van der Waals surface area contributed by atoms with E-state index in [1.807, 2.05) is 65.8 Å². The molecule has 3 aromatic carbocycles. The Labute approximate surface area is 768 Å². The van der Waals surface area contributed by atoms with Gasteiger partial charge in [-0.05, 0) is 202 Å². The van der Waals surface area contributed by atoms with Crippen molar-refractivity contribution in [3.8, 4) is 39.7 Å².